The first kappa shape index (κ1) is 17.9. The molecule has 5 heteroatoms. The molecule has 0 bridgehead atoms. The van der Waals surface area contributed by atoms with Gasteiger partial charge < -0.3 is 10.6 Å². The summed E-state index contributed by atoms with van der Waals surface area (Å²) in [4.78, 5) is 28.2. The summed E-state index contributed by atoms with van der Waals surface area (Å²) in [6.45, 7) is 3.00. The lowest BCUT2D eigenvalue weighted by Crippen LogP contribution is -2.53. The lowest BCUT2D eigenvalue weighted by molar-refractivity contribution is -0.142. The Hall–Kier alpha value is -1.88. The molecule has 1 aromatic carbocycles. The van der Waals surface area contributed by atoms with Crippen LogP contribution in [0.5, 0.6) is 0 Å². The van der Waals surface area contributed by atoms with Crippen LogP contribution >= 0.6 is 0 Å². The quantitative estimate of drug-likeness (QED) is 0.887. The van der Waals surface area contributed by atoms with Gasteiger partial charge in [-0.05, 0) is 63.1 Å². The van der Waals surface area contributed by atoms with Crippen molar-refractivity contribution in [3.8, 4) is 0 Å². The van der Waals surface area contributed by atoms with Crippen LogP contribution in [0.2, 0.25) is 0 Å². The number of primary amides is 1. The van der Waals surface area contributed by atoms with Crippen LogP contribution in [-0.2, 0) is 16.0 Å². The van der Waals surface area contributed by atoms with E-state index in [4.69, 9.17) is 5.73 Å². The maximum Gasteiger partial charge on any atom is 0.240 e. The van der Waals surface area contributed by atoms with E-state index in [0.29, 0.717) is 25.4 Å². The number of amides is 2. The maximum atomic E-state index is 12.6. The molecule has 136 valence electrons. The number of hydrogen-bond acceptors (Lipinski definition) is 3. The second kappa shape index (κ2) is 8.48. The minimum absolute atomic E-state index is 0.0602. The molecule has 0 aromatic heterocycles. The van der Waals surface area contributed by atoms with Crippen molar-refractivity contribution in [3.63, 3.8) is 0 Å². The van der Waals surface area contributed by atoms with Gasteiger partial charge in [-0.3, -0.25) is 14.5 Å². The fourth-order valence-corrected chi connectivity index (χ4v) is 4.10. The number of nitrogens with zero attached hydrogens (tertiary/aromatic N) is 2. The van der Waals surface area contributed by atoms with Crippen molar-refractivity contribution >= 4 is 11.8 Å². The Morgan fingerprint density at radius 1 is 1.00 bits per heavy atom. The van der Waals surface area contributed by atoms with Gasteiger partial charge in [-0.25, -0.2) is 0 Å². The van der Waals surface area contributed by atoms with Gasteiger partial charge in [0, 0.05) is 6.54 Å². The molecule has 0 unspecified atom stereocenters. The van der Waals surface area contributed by atoms with Crippen LogP contribution in [0.4, 0.5) is 0 Å². The summed E-state index contributed by atoms with van der Waals surface area (Å²) in [5, 5.41) is 0. The summed E-state index contributed by atoms with van der Waals surface area (Å²) in [6.07, 6.45) is 6.03. The second-order valence-electron chi connectivity index (χ2n) is 7.41. The van der Waals surface area contributed by atoms with Crippen LogP contribution in [0.1, 0.15) is 37.7 Å². The zero-order valence-corrected chi connectivity index (χ0v) is 14.9. The van der Waals surface area contributed by atoms with Crippen LogP contribution in [0, 0.1) is 5.92 Å². The van der Waals surface area contributed by atoms with Crippen molar-refractivity contribution in [1.29, 1.82) is 0 Å². The van der Waals surface area contributed by atoms with E-state index >= 15 is 0 Å². The highest BCUT2D eigenvalue weighted by Crippen LogP contribution is 2.22. The fraction of sp³-hybridized carbons (Fsp3) is 0.600. The highest BCUT2D eigenvalue weighted by atomic mass is 16.2. The lowest BCUT2D eigenvalue weighted by Gasteiger charge is -2.37. The molecule has 25 heavy (non-hydrogen) atoms. The summed E-state index contributed by atoms with van der Waals surface area (Å²) in [7, 11) is 0. The molecule has 2 aliphatic rings. The molecular weight excluding hydrogens is 314 g/mol. The number of rotatable bonds is 5. The lowest BCUT2D eigenvalue weighted by atomic mass is 9.90. The van der Waals surface area contributed by atoms with Gasteiger partial charge >= 0.3 is 0 Å². The van der Waals surface area contributed by atoms with Crippen LogP contribution < -0.4 is 5.73 Å². The summed E-state index contributed by atoms with van der Waals surface area (Å²) >= 11 is 0. The molecular formula is C20H29N3O2. The highest BCUT2D eigenvalue weighted by Gasteiger charge is 2.31. The van der Waals surface area contributed by atoms with Crippen LogP contribution in [0.3, 0.4) is 0 Å². The molecule has 2 amide bonds. The van der Waals surface area contributed by atoms with Crippen molar-refractivity contribution < 1.29 is 9.59 Å². The van der Waals surface area contributed by atoms with Crippen molar-refractivity contribution in [2.24, 2.45) is 11.7 Å². The van der Waals surface area contributed by atoms with Crippen molar-refractivity contribution in [2.75, 3.05) is 26.2 Å². The fourth-order valence-electron chi connectivity index (χ4n) is 4.10. The predicted octanol–water partition coefficient (Wildman–Crippen LogP) is 1.81. The van der Waals surface area contributed by atoms with Crippen molar-refractivity contribution in [1.82, 2.24) is 9.80 Å². The SMILES string of the molecule is NC(=O)[C@H]1CCCCN1C(=O)CN1CCC(Cc2ccccc2)CC1. The molecule has 2 aliphatic heterocycles. The number of piperidine rings is 2. The minimum Gasteiger partial charge on any atom is -0.368 e. The van der Waals surface area contributed by atoms with Crippen LogP contribution in [-0.4, -0.2) is 53.8 Å². The molecule has 2 heterocycles. The zero-order valence-electron chi connectivity index (χ0n) is 14.9. The van der Waals surface area contributed by atoms with Gasteiger partial charge in [-0.1, -0.05) is 30.3 Å². The molecule has 5 nitrogen and oxygen atoms in total. The van der Waals surface area contributed by atoms with Gasteiger partial charge in [0.25, 0.3) is 0 Å². The summed E-state index contributed by atoms with van der Waals surface area (Å²) < 4.78 is 0. The molecule has 0 radical (unpaired) electrons. The third-order valence-corrected chi connectivity index (χ3v) is 5.58. The molecule has 2 fully saturated rings. The average Bonchev–Trinajstić information content (AvgIpc) is 2.64. The van der Waals surface area contributed by atoms with Crippen LogP contribution in [0.25, 0.3) is 0 Å². The number of likely N-dealkylation sites (tertiary alicyclic amines) is 2. The topological polar surface area (TPSA) is 66.6 Å². The predicted molar refractivity (Wildman–Crippen MR) is 97.9 cm³/mol. The average molecular weight is 343 g/mol. The summed E-state index contributed by atoms with van der Waals surface area (Å²) in [5.74, 6) is 0.390. The number of nitrogens with two attached hydrogens (primary N) is 1. The normalized spacial score (nSPS) is 22.7. The Balaban J connectivity index is 1.46. The molecule has 2 N–H and O–H groups in total. The smallest absolute Gasteiger partial charge is 0.240 e. The van der Waals surface area contributed by atoms with Gasteiger partial charge in [0.2, 0.25) is 11.8 Å². The molecule has 3 rings (SSSR count). The Kier molecular flexibility index (Phi) is 6.08. The standard InChI is InChI=1S/C20H29N3O2/c21-20(25)18-8-4-5-11-23(18)19(24)15-22-12-9-17(10-13-22)14-16-6-2-1-3-7-16/h1-3,6-7,17-18H,4-5,8-15H2,(H2,21,25)/t18-/m1/s1. The number of hydrogen-bond donors (Lipinski definition) is 1. The molecule has 2 saturated heterocycles. The van der Waals surface area contributed by atoms with E-state index < -0.39 is 6.04 Å². The van der Waals surface area contributed by atoms with E-state index in [1.807, 2.05) is 0 Å². The summed E-state index contributed by atoms with van der Waals surface area (Å²) in [6, 6.07) is 10.2. The molecule has 0 aliphatic carbocycles. The Morgan fingerprint density at radius 2 is 1.72 bits per heavy atom. The van der Waals surface area contributed by atoms with Gasteiger partial charge in [0.05, 0.1) is 6.54 Å². The molecule has 0 saturated carbocycles. The van der Waals surface area contributed by atoms with Crippen molar-refractivity contribution in [3.05, 3.63) is 35.9 Å². The minimum atomic E-state index is -0.406. The highest BCUT2D eigenvalue weighted by molar-refractivity contribution is 5.87. The van der Waals surface area contributed by atoms with E-state index in [1.165, 1.54) is 5.56 Å². The van der Waals surface area contributed by atoms with E-state index in [9.17, 15) is 9.59 Å². The second-order valence-corrected chi connectivity index (χ2v) is 7.41. The first-order chi connectivity index (χ1) is 12.1. The van der Waals surface area contributed by atoms with E-state index in [2.05, 4.69) is 35.2 Å². The Labute approximate surface area is 150 Å². The number of carbonyl (C=O) groups excluding carboxylic acids is 2. The zero-order chi connectivity index (χ0) is 17.6. The van der Waals surface area contributed by atoms with E-state index in [0.717, 1.165) is 45.2 Å². The monoisotopic (exact) mass is 343 g/mol. The third kappa shape index (κ3) is 4.82. The Morgan fingerprint density at radius 3 is 2.40 bits per heavy atom. The molecule has 1 aromatic rings. The number of carbonyl (C=O) groups is 2. The van der Waals surface area contributed by atoms with Gasteiger partial charge in [-0.15, -0.1) is 0 Å². The van der Waals surface area contributed by atoms with Crippen LogP contribution in [0.15, 0.2) is 30.3 Å². The van der Waals surface area contributed by atoms with Gasteiger partial charge in [0.1, 0.15) is 6.04 Å². The first-order valence-corrected chi connectivity index (χ1v) is 9.48. The van der Waals surface area contributed by atoms with Crippen molar-refractivity contribution in [2.45, 2.75) is 44.6 Å². The van der Waals surface area contributed by atoms with E-state index in [1.54, 1.807) is 4.90 Å². The largest absolute Gasteiger partial charge is 0.368 e. The third-order valence-electron chi connectivity index (χ3n) is 5.58. The van der Waals surface area contributed by atoms with Gasteiger partial charge in [0.15, 0.2) is 0 Å². The molecule has 0 spiro atoms. The maximum absolute atomic E-state index is 12.6. The summed E-state index contributed by atoms with van der Waals surface area (Å²) in [5.41, 5.74) is 6.87. The Bertz CT molecular complexity index is 582. The first-order valence-electron chi connectivity index (χ1n) is 9.48. The molecule has 1 atom stereocenters. The van der Waals surface area contributed by atoms with Gasteiger partial charge in [-0.2, -0.15) is 0 Å². The number of benzene rings is 1. The van der Waals surface area contributed by atoms with E-state index in [-0.39, 0.29) is 11.8 Å².